The first-order valence-corrected chi connectivity index (χ1v) is 16.1. The first kappa shape index (κ1) is 34.3. The zero-order chi connectivity index (χ0) is 33.9. The summed E-state index contributed by atoms with van der Waals surface area (Å²) in [6, 6.07) is 18.2. The summed E-state index contributed by atoms with van der Waals surface area (Å²) in [5.41, 5.74) is 1.40. The van der Waals surface area contributed by atoms with Crippen LogP contribution in [-0.4, -0.2) is 58.5 Å². The van der Waals surface area contributed by atoms with Crippen molar-refractivity contribution in [2.75, 3.05) is 13.1 Å². The summed E-state index contributed by atoms with van der Waals surface area (Å²) in [7, 11) is 0. The molecule has 3 aromatic carbocycles. The molecule has 250 valence electrons. The molecule has 5 rings (SSSR count). The number of ether oxygens (including phenoxy) is 1. The molecule has 0 radical (unpaired) electrons. The van der Waals surface area contributed by atoms with Gasteiger partial charge in [0, 0.05) is 31.0 Å². The van der Waals surface area contributed by atoms with E-state index in [4.69, 9.17) is 16.3 Å². The molecule has 2 aliphatic heterocycles. The zero-order valence-electron chi connectivity index (χ0n) is 26.6. The summed E-state index contributed by atoms with van der Waals surface area (Å²) in [6.07, 6.45) is -3.99. The predicted octanol–water partition coefficient (Wildman–Crippen LogP) is 7.15. The smallest absolute Gasteiger partial charge is 0.416 e. The third-order valence-electron chi connectivity index (χ3n) is 8.66. The van der Waals surface area contributed by atoms with Crippen LogP contribution in [0, 0.1) is 0 Å². The van der Waals surface area contributed by atoms with Gasteiger partial charge < -0.3 is 15.0 Å². The Kier molecular flexibility index (Phi) is 10.2. The summed E-state index contributed by atoms with van der Waals surface area (Å²) in [4.78, 5) is 44.4. The molecule has 47 heavy (non-hydrogen) atoms. The highest BCUT2D eigenvalue weighted by Crippen LogP contribution is 2.39. The fourth-order valence-electron chi connectivity index (χ4n) is 6.34. The number of hydrogen-bond acceptors (Lipinski definition) is 4. The Hall–Kier alpha value is -4.05. The number of carbonyl (C=O) groups excluding carboxylic acids is 3. The Balaban J connectivity index is 1.36. The zero-order valence-corrected chi connectivity index (χ0v) is 27.4. The number of fused-ring (bicyclic) bond motifs is 1. The second-order valence-electron chi connectivity index (χ2n) is 13.2. The fraction of sp³-hybridized carbons (Fsp3) is 0.417. The third kappa shape index (κ3) is 8.46. The van der Waals surface area contributed by atoms with Crippen LogP contribution in [-0.2, 0) is 39.9 Å². The Morgan fingerprint density at radius 2 is 1.53 bits per heavy atom. The van der Waals surface area contributed by atoms with Gasteiger partial charge in [0.1, 0.15) is 17.7 Å². The molecule has 0 aliphatic carbocycles. The molecule has 0 unspecified atom stereocenters. The van der Waals surface area contributed by atoms with Gasteiger partial charge in [-0.25, -0.2) is 4.79 Å². The quantitative estimate of drug-likeness (QED) is 0.302. The molecule has 2 aliphatic rings. The molecule has 3 amide bonds. The second-order valence-corrected chi connectivity index (χ2v) is 13.6. The number of nitrogens with zero attached hydrogens (tertiary/aromatic N) is 2. The van der Waals surface area contributed by atoms with Crippen LogP contribution in [0.5, 0.6) is 0 Å². The monoisotopic (exact) mass is 669 g/mol. The second kappa shape index (κ2) is 14.0. The van der Waals surface area contributed by atoms with Crippen molar-refractivity contribution in [3.05, 3.63) is 106 Å². The number of benzene rings is 3. The average Bonchev–Trinajstić information content (AvgIpc) is 3.03. The van der Waals surface area contributed by atoms with Gasteiger partial charge in [-0.05, 0) is 80.0 Å². The maximum atomic E-state index is 14.1. The van der Waals surface area contributed by atoms with Crippen LogP contribution < -0.4 is 5.32 Å². The minimum atomic E-state index is -4.47. The summed E-state index contributed by atoms with van der Waals surface area (Å²) < 4.78 is 46.8. The maximum Gasteiger partial charge on any atom is 0.416 e. The number of piperidine rings is 1. The molecule has 0 saturated carbocycles. The molecule has 0 spiro atoms. The first-order valence-electron chi connectivity index (χ1n) is 15.8. The Morgan fingerprint density at radius 3 is 2.17 bits per heavy atom. The summed E-state index contributed by atoms with van der Waals surface area (Å²) in [6.45, 7) is 5.91. The SMILES string of the molecule is CC(C)(C)OC(=O)N1Cc2ccccc2C[C@H]1C(=O)N[C@H](Cc1ccc(Cl)cc1)C(=O)N1CCC(c2ccccc2C(F)(F)F)CC1. The normalized spacial score (nSPS) is 17.9. The van der Waals surface area contributed by atoms with Gasteiger partial charge in [0.05, 0.1) is 12.1 Å². The lowest BCUT2D eigenvalue weighted by atomic mass is 9.86. The largest absolute Gasteiger partial charge is 0.444 e. The lowest BCUT2D eigenvalue weighted by Gasteiger charge is -2.38. The molecule has 7 nitrogen and oxygen atoms in total. The molecular formula is C36H39ClF3N3O4. The van der Waals surface area contributed by atoms with Gasteiger partial charge >= 0.3 is 12.3 Å². The molecule has 2 atom stereocenters. The molecule has 1 saturated heterocycles. The van der Waals surface area contributed by atoms with E-state index in [-0.39, 0.29) is 49.9 Å². The van der Waals surface area contributed by atoms with E-state index in [1.807, 2.05) is 24.3 Å². The standard InChI is InChI=1S/C36H39ClF3N3O4/c1-35(2,3)47-34(46)43-22-26-9-5-4-8-25(26)21-31(43)32(44)41-30(20-23-12-14-27(37)15-13-23)33(45)42-18-16-24(17-19-42)28-10-6-7-11-29(28)36(38,39)40/h4-15,24,30-31H,16-22H2,1-3H3,(H,41,44)/t30-,31+/m1/s1. The molecule has 0 bridgehead atoms. The Bertz CT molecular complexity index is 1600. The van der Waals surface area contributed by atoms with E-state index < -0.39 is 41.4 Å². The van der Waals surface area contributed by atoms with Gasteiger partial charge in [-0.15, -0.1) is 0 Å². The van der Waals surface area contributed by atoms with Crippen molar-refractivity contribution in [2.24, 2.45) is 0 Å². The minimum Gasteiger partial charge on any atom is -0.444 e. The van der Waals surface area contributed by atoms with Crippen LogP contribution in [0.25, 0.3) is 0 Å². The lowest BCUT2D eigenvalue weighted by Crippen LogP contribution is -2.58. The van der Waals surface area contributed by atoms with Crippen molar-refractivity contribution in [1.82, 2.24) is 15.1 Å². The Labute approximate surface area is 278 Å². The summed E-state index contributed by atoms with van der Waals surface area (Å²) in [5.74, 6) is -1.19. The fourth-order valence-corrected chi connectivity index (χ4v) is 6.46. The van der Waals surface area contributed by atoms with Crippen LogP contribution in [0.3, 0.4) is 0 Å². The van der Waals surface area contributed by atoms with Crippen molar-refractivity contribution >= 4 is 29.5 Å². The van der Waals surface area contributed by atoms with E-state index in [1.165, 1.54) is 17.0 Å². The van der Waals surface area contributed by atoms with Gasteiger partial charge in [0.2, 0.25) is 11.8 Å². The van der Waals surface area contributed by atoms with Gasteiger partial charge in [0.15, 0.2) is 0 Å². The van der Waals surface area contributed by atoms with Crippen LogP contribution in [0.2, 0.25) is 5.02 Å². The van der Waals surface area contributed by atoms with Crippen LogP contribution in [0.15, 0.2) is 72.8 Å². The summed E-state index contributed by atoms with van der Waals surface area (Å²) in [5, 5.41) is 3.46. The van der Waals surface area contributed by atoms with E-state index >= 15 is 0 Å². The highest BCUT2D eigenvalue weighted by Gasteiger charge is 2.40. The topological polar surface area (TPSA) is 79.0 Å². The van der Waals surface area contributed by atoms with E-state index in [9.17, 15) is 27.6 Å². The number of hydrogen-bond donors (Lipinski definition) is 1. The molecule has 1 fully saturated rings. The summed E-state index contributed by atoms with van der Waals surface area (Å²) >= 11 is 6.09. The van der Waals surface area contributed by atoms with Crippen LogP contribution >= 0.6 is 11.6 Å². The van der Waals surface area contributed by atoms with Crippen molar-refractivity contribution in [3.63, 3.8) is 0 Å². The average molecular weight is 670 g/mol. The lowest BCUT2D eigenvalue weighted by molar-refractivity contribution is -0.140. The number of amides is 3. The predicted molar refractivity (Wildman–Crippen MR) is 173 cm³/mol. The van der Waals surface area contributed by atoms with E-state index in [0.717, 1.165) is 22.8 Å². The minimum absolute atomic E-state index is 0.161. The van der Waals surface area contributed by atoms with E-state index in [2.05, 4.69) is 5.32 Å². The maximum absolute atomic E-state index is 14.1. The van der Waals surface area contributed by atoms with Crippen molar-refractivity contribution < 1.29 is 32.3 Å². The van der Waals surface area contributed by atoms with E-state index in [0.29, 0.717) is 17.9 Å². The molecule has 2 heterocycles. The highest BCUT2D eigenvalue weighted by atomic mass is 35.5. The number of likely N-dealkylation sites (tertiary alicyclic amines) is 1. The molecule has 3 aromatic rings. The first-order chi connectivity index (χ1) is 22.2. The van der Waals surface area contributed by atoms with Crippen LogP contribution in [0.4, 0.5) is 18.0 Å². The molecule has 11 heteroatoms. The van der Waals surface area contributed by atoms with Gasteiger partial charge in [-0.2, -0.15) is 13.2 Å². The van der Waals surface area contributed by atoms with Gasteiger partial charge in [0.25, 0.3) is 0 Å². The Morgan fingerprint density at radius 1 is 0.915 bits per heavy atom. The van der Waals surface area contributed by atoms with Crippen molar-refractivity contribution in [1.29, 1.82) is 0 Å². The number of rotatable bonds is 6. The third-order valence-corrected chi connectivity index (χ3v) is 8.91. The number of nitrogens with one attached hydrogen (secondary N) is 1. The van der Waals surface area contributed by atoms with Crippen molar-refractivity contribution in [2.45, 2.75) is 82.8 Å². The van der Waals surface area contributed by atoms with Crippen LogP contribution in [0.1, 0.15) is 67.3 Å². The number of alkyl halides is 3. The van der Waals surface area contributed by atoms with E-state index in [1.54, 1.807) is 56.0 Å². The number of halogens is 4. The molecular weight excluding hydrogens is 631 g/mol. The molecule has 0 aromatic heterocycles. The highest BCUT2D eigenvalue weighted by molar-refractivity contribution is 6.30. The van der Waals surface area contributed by atoms with Crippen molar-refractivity contribution in [3.8, 4) is 0 Å². The molecule has 1 N–H and O–H groups in total. The van der Waals surface area contributed by atoms with Gasteiger partial charge in [-0.1, -0.05) is 66.2 Å². The van der Waals surface area contributed by atoms with Gasteiger partial charge in [-0.3, -0.25) is 14.5 Å². The number of carbonyl (C=O) groups is 3.